The van der Waals surface area contributed by atoms with Crippen LogP contribution in [0.25, 0.3) is 5.69 Å². The second-order valence-corrected chi connectivity index (χ2v) is 5.11. The Bertz CT molecular complexity index is 561. The highest BCUT2D eigenvalue weighted by Crippen LogP contribution is 2.25. The molecule has 1 N–H and O–H groups in total. The third-order valence-corrected chi connectivity index (χ3v) is 3.00. The van der Waals surface area contributed by atoms with Gasteiger partial charge in [-0.1, -0.05) is 13.8 Å². The van der Waals surface area contributed by atoms with Gasteiger partial charge in [0, 0.05) is 16.6 Å². The first-order valence-electron chi connectivity index (χ1n) is 5.64. The van der Waals surface area contributed by atoms with Crippen LogP contribution >= 0.6 is 15.9 Å². The average Bonchev–Trinajstić information content (AvgIpc) is 2.73. The van der Waals surface area contributed by atoms with E-state index in [1.165, 1.54) is 10.7 Å². The highest BCUT2D eigenvalue weighted by Gasteiger charge is 2.17. The Morgan fingerprint density at radius 2 is 2.11 bits per heavy atom. The first-order valence-corrected chi connectivity index (χ1v) is 6.44. The van der Waals surface area contributed by atoms with Gasteiger partial charge in [-0.05, 0) is 32.4 Å². The van der Waals surface area contributed by atoms with E-state index in [4.69, 9.17) is 0 Å². The summed E-state index contributed by atoms with van der Waals surface area (Å²) in [6, 6.07) is 2.20. The maximum atomic E-state index is 13.8. The number of tetrazole rings is 1. The molecule has 8 heteroatoms. The minimum Gasteiger partial charge on any atom is -0.308 e. The van der Waals surface area contributed by atoms with Gasteiger partial charge in [0.2, 0.25) is 0 Å². The summed E-state index contributed by atoms with van der Waals surface area (Å²) >= 11 is 3.12. The van der Waals surface area contributed by atoms with Crippen molar-refractivity contribution in [3.05, 3.63) is 34.1 Å². The number of nitrogens with one attached hydrogen (secondary N) is 1. The Hall–Kier alpha value is -1.41. The number of nitrogens with zero attached hydrogens (tertiary/aromatic N) is 4. The fraction of sp³-hybridized carbons (Fsp3) is 0.364. The standard InChI is InChI=1S/C11H12BrF2N5/c1-6(2)15-5-10-16-17-18-19(10)11-8(12)3-7(13)4-9(11)14/h3-4,6,15H,5H2,1-2H3. The van der Waals surface area contributed by atoms with E-state index in [1.807, 2.05) is 13.8 Å². The number of aromatic nitrogens is 4. The molecule has 2 aromatic rings. The average molecular weight is 332 g/mol. The molecule has 102 valence electrons. The summed E-state index contributed by atoms with van der Waals surface area (Å²) in [5.74, 6) is -0.951. The Labute approximate surface area is 117 Å². The summed E-state index contributed by atoms with van der Waals surface area (Å²) in [4.78, 5) is 0. The molecule has 19 heavy (non-hydrogen) atoms. The summed E-state index contributed by atoms with van der Waals surface area (Å²) in [5.41, 5.74) is 0.0898. The Balaban J connectivity index is 2.40. The van der Waals surface area contributed by atoms with Crippen LogP contribution in [0.1, 0.15) is 19.7 Å². The van der Waals surface area contributed by atoms with E-state index in [-0.39, 0.29) is 16.2 Å². The van der Waals surface area contributed by atoms with Gasteiger partial charge in [0.05, 0.1) is 6.54 Å². The normalized spacial score (nSPS) is 11.3. The molecule has 0 atom stereocenters. The zero-order valence-electron chi connectivity index (χ0n) is 10.4. The minimum atomic E-state index is -0.732. The van der Waals surface area contributed by atoms with E-state index in [9.17, 15) is 8.78 Å². The Morgan fingerprint density at radius 1 is 1.37 bits per heavy atom. The molecule has 0 saturated carbocycles. The Morgan fingerprint density at radius 3 is 2.74 bits per heavy atom. The van der Waals surface area contributed by atoms with Crippen LogP contribution in [0.4, 0.5) is 8.78 Å². The molecule has 1 aromatic carbocycles. The topological polar surface area (TPSA) is 55.6 Å². The molecule has 1 aromatic heterocycles. The van der Waals surface area contributed by atoms with E-state index in [1.54, 1.807) is 0 Å². The van der Waals surface area contributed by atoms with Crippen LogP contribution in [-0.4, -0.2) is 26.2 Å². The quantitative estimate of drug-likeness (QED) is 0.933. The summed E-state index contributed by atoms with van der Waals surface area (Å²) in [7, 11) is 0. The number of rotatable bonds is 4. The highest BCUT2D eigenvalue weighted by atomic mass is 79.9. The fourth-order valence-electron chi connectivity index (χ4n) is 1.52. The van der Waals surface area contributed by atoms with Gasteiger partial charge in [0.25, 0.3) is 0 Å². The predicted octanol–water partition coefficient (Wildman–Crippen LogP) is 2.20. The van der Waals surface area contributed by atoms with Crippen molar-refractivity contribution in [3.8, 4) is 5.69 Å². The number of hydrogen-bond donors (Lipinski definition) is 1. The van der Waals surface area contributed by atoms with E-state index in [2.05, 4.69) is 36.8 Å². The minimum absolute atomic E-state index is 0.0898. The lowest BCUT2D eigenvalue weighted by atomic mass is 10.3. The van der Waals surface area contributed by atoms with Gasteiger partial charge in [0.1, 0.15) is 11.5 Å². The molecule has 0 saturated heterocycles. The van der Waals surface area contributed by atoms with Gasteiger partial charge in [-0.3, -0.25) is 0 Å². The van der Waals surface area contributed by atoms with E-state index < -0.39 is 11.6 Å². The van der Waals surface area contributed by atoms with Gasteiger partial charge in [-0.2, -0.15) is 4.68 Å². The van der Waals surface area contributed by atoms with Crippen LogP contribution in [0, 0.1) is 11.6 Å². The number of benzene rings is 1. The van der Waals surface area contributed by atoms with Crippen molar-refractivity contribution >= 4 is 15.9 Å². The number of hydrogen-bond acceptors (Lipinski definition) is 4. The molecular formula is C11H12BrF2N5. The van der Waals surface area contributed by atoms with Crippen molar-refractivity contribution in [1.29, 1.82) is 0 Å². The highest BCUT2D eigenvalue weighted by molar-refractivity contribution is 9.10. The van der Waals surface area contributed by atoms with Crippen molar-refractivity contribution < 1.29 is 8.78 Å². The molecule has 0 aliphatic rings. The first kappa shape index (κ1) is 14.0. The largest absolute Gasteiger partial charge is 0.308 e. The zero-order valence-corrected chi connectivity index (χ0v) is 11.9. The van der Waals surface area contributed by atoms with Gasteiger partial charge < -0.3 is 5.32 Å². The molecule has 1 heterocycles. The maximum Gasteiger partial charge on any atom is 0.170 e. The molecular weight excluding hydrogens is 320 g/mol. The molecule has 0 aliphatic heterocycles. The molecule has 0 spiro atoms. The van der Waals surface area contributed by atoms with Gasteiger partial charge in [-0.15, -0.1) is 5.10 Å². The van der Waals surface area contributed by atoms with Crippen LogP contribution in [0.5, 0.6) is 0 Å². The summed E-state index contributed by atoms with van der Waals surface area (Å²) in [5, 5.41) is 14.2. The van der Waals surface area contributed by atoms with Crippen LogP contribution in [0.3, 0.4) is 0 Å². The van der Waals surface area contributed by atoms with Crippen LogP contribution in [0.15, 0.2) is 16.6 Å². The molecule has 2 rings (SSSR count). The second kappa shape index (κ2) is 5.70. The molecule has 0 aliphatic carbocycles. The molecule has 0 radical (unpaired) electrons. The van der Waals surface area contributed by atoms with Crippen molar-refractivity contribution in [1.82, 2.24) is 25.5 Å². The van der Waals surface area contributed by atoms with Crippen molar-refractivity contribution in [3.63, 3.8) is 0 Å². The van der Waals surface area contributed by atoms with Crippen LogP contribution < -0.4 is 5.32 Å². The SMILES string of the molecule is CC(C)NCc1nnnn1-c1c(F)cc(F)cc1Br. The van der Waals surface area contributed by atoms with Crippen molar-refractivity contribution in [2.24, 2.45) is 0 Å². The second-order valence-electron chi connectivity index (χ2n) is 4.26. The third-order valence-electron chi connectivity index (χ3n) is 2.40. The van der Waals surface area contributed by atoms with Gasteiger partial charge in [0.15, 0.2) is 11.6 Å². The molecule has 0 bridgehead atoms. The van der Waals surface area contributed by atoms with Gasteiger partial charge >= 0.3 is 0 Å². The fourth-order valence-corrected chi connectivity index (χ4v) is 2.10. The van der Waals surface area contributed by atoms with Crippen molar-refractivity contribution in [2.45, 2.75) is 26.4 Å². The molecule has 0 amide bonds. The van der Waals surface area contributed by atoms with Crippen LogP contribution in [0.2, 0.25) is 0 Å². The zero-order chi connectivity index (χ0) is 14.0. The summed E-state index contributed by atoms with van der Waals surface area (Å²) < 4.78 is 28.4. The van der Waals surface area contributed by atoms with E-state index in [0.717, 1.165) is 6.07 Å². The monoisotopic (exact) mass is 331 g/mol. The molecule has 0 unspecified atom stereocenters. The third kappa shape index (κ3) is 3.13. The lowest BCUT2D eigenvalue weighted by Gasteiger charge is -2.10. The first-order chi connectivity index (χ1) is 8.99. The lowest BCUT2D eigenvalue weighted by molar-refractivity contribution is 0.547. The van der Waals surface area contributed by atoms with E-state index >= 15 is 0 Å². The maximum absolute atomic E-state index is 13.8. The van der Waals surface area contributed by atoms with Gasteiger partial charge in [-0.25, -0.2) is 8.78 Å². The molecule has 5 nitrogen and oxygen atoms in total. The Kier molecular flexibility index (Phi) is 4.20. The van der Waals surface area contributed by atoms with Crippen molar-refractivity contribution in [2.75, 3.05) is 0 Å². The number of halogens is 3. The summed E-state index contributed by atoms with van der Waals surface area (Å²) in [6.45, 7) is 4.33. The van der Waals surface area contributed by atoms with Crippen LogP contribution in [-0.2, 0) is 6.54 Å². The lowest BCUT2D eigenvalue weighted by Crippen LogP contribution is -2.24. The van der Waals surface area contributed by atoms with E-state index in [0.29, 0.717) is 12.4 Å². The summed E-state index contributed by atoms with van der Waals surface area (Å²) in [6.07, 6.45) is 0. The predicted molar refractivity (Wildman–Crippen MR) is 68.7 cm³/mol. The smallest absolute Gasteiger partial charge is 0.170 e. The molecule has 0 fully saturated rings.